The van der Waals surface area contributed by atoms with Gasteiger partial charge in [0.2, 0.25) is 0 Å². The van der Waals surface area contributed by atoms with Crippen LogP contribution in [0.25, 0.3) is 5.69 Å². The summed E-state index contributed by atoms with van der Waals surface area (Å²) < 4.78 is 14.8. The first-order chi connectivity index (χ1) is 11.7. The minimum Gasteiger partial charge on any atom is -0.395 e. The van der Waals surface area contributed by atoms with Gasteiger partial charge in [0.25, 0.3) is 0 Å². The fourth-order valence-corrected chi connectivity index (χ4v) is 3.22. The van der Waals surface area contributed by atoms with Crippen LogP contribution in [0.4, 0.5) is 4.39 Å². The molecule has 1 aliphatic heterocycles. The summed E-state index contributed by atoms with van der Waals surface area (Å²) in [6, 6.07) is 6.63. The van der Waals surface area contributed by atoms with E-state index in [0.717, 1.165) is 50.4 Å². The van der Waals surface area contributed by atoms with Gasteiger partial charge in [0, 0.05) is 50.5 Å². The maximum Gasteiger partial charge on any atom is 0.123 e. The minimum absolute atomic E-state index is 0.237. The minimum atomic E-state index is -0.239. The van der Waals surface area contributed by atoms with Crippen molar-refractivity contribution in [3.8, 4) is 5.69 Å². The molecule has 1 N–H and O–H groups in total. The third-order valence-corrected chi connectivity index (χ3v) is 4.74. The first-order valence-electron chi connectivity index (χ1n) is 8.56. The quantitative estimate of drug-likeness (QED) is 0.878. The van der Waals surface area contributed by atoms with Crippen molar-refractivity contribution in [3.63, 3.8) is 0 Å². The zero-order valence-electron chi connectivity index (χ0n) is 14.1. The van der Waals surface area contributed by atoms with Crippen LogP contribution in [0, 0.1) is 5.82 Å². The van der Waals surface area contributed by atoms with E-state index in [1.165, 1.54) is 12.1 Å². The summed E-state index contributed by atoms with van der Waals surface area (Å²) in [5, 5.41) is 13.8. The lowest BCUT2D eigenvalue weighted by Gasteiger charge is -2.38. The third kappa shape index (κ3) is 4.01. The molecule has 1 aliphatic rings. The number of benzene rings is 1. The number of halogens is 1. The molecule has 0 spiro atoms. The third-order valence-electron chi connectivity index (χ3n) is 4.74. The zero-order valence-corrected chi connectivity index (χ0v) is 14.1. The van der Waals surface area contributed by atoms with E-state index < -0.39 is 0 Å². The van der Waals surface area contributed by atoms with Crippen LogP contribution in [-0.4, -0.2) is 63.5 Å². The molecule has 1 saturated heterocycles. The molecule has 1 aromatic carbocycles. The number of nitrogens with zero attached hydrogens (tertiary/aromatic N) is 4. The standard InChI is InChI=1S/C18H25FN4O/c1-2-17(14-24)22-9-7-21(8-10-22)12-15-11-20-23(13-15)18-5-3-16(19)4-6-18/h3-6,11,13,17,24H,2,7-10,12,14H2,1H3. The highest BCUT2D eigenvalue weighted by atomic mass is 19.1. The zero-order chi connectivity index (χ0) is 16.9. The van der Waals surface area contributed by atoms with Gasteiger partial charge in [-0.15, -0.1) is 0 Å². The van der Waals surface area contributed by atoms with Gasteiger partial charge in [-0.05, 0) is 30.7 Å². The predicted octanol–water partition coefficient (Wildman–Crippen LogP) is 1.90. The predicted molar refractivity (Wildman–Crippen MR) is 91.5 cm³/mol. The number of aliphatic hydroxyl groups is 1. The molecule has 5 nitrogen and oxygen atoms in total. The highest BCUT2D eigenvalue weighted by Crippen LogP contribution is 2.14. The Hall–Kier alpha value is -1.76. The molecule has 0 aliphatic carbocycles. The average Bonchev–Trinajstić information content (AvgIpc) is 3.06. The normalized spacial score (nSPS) is 18.0. The second-order valence-corrected chi connectivity index (χ2v) is 6.33. The molecule has 0 radical (unpaired) electrons. The number of hydrogen-bond donors (Lipinski definition) is 1. The maximum atomic E-state index is 13.0. The largest absolute Gasteiger partial charge is 0.395 e. The van der Waals surface area contributed by atoms with Crippen molar-refractivity contribution < 1.29 is 9.50 Å². The molecule has 1 unspecified atom stereocenters. The van der Waals surface area contributed by atoms with E-state index in [-0.39, 0.29) is 18.5 Å². The highest BCUT2D eigenvalue weighted by Gasteiger charge is 2.22. The topological polar surface area (TPSA) is 44.5 Å². The van der Waals surface area contributed by atoms with E-state index in [9.17, 15) is 9.50 Å². The molecule has 0 bridgehead atoms. The summed E-state index contributed by atoms with van der Waals surface area (Å²) in [7, 11) is 0. The van der Waals surface area contributed by atoms with Crippen molar-refractivity contribution in [2.45, 2.75) is 25.9 Å². The maximum absolute atomic E-state index is 13.0. The summed E-state index contributed by atoms with van der Waals surface area (Å²) in [6.07, 6.45) is 4.86. The fourth-order valence-electron chi connectivity index (χ4n) is 3.22. The van der Waals surface area contributed by atoms with Gasteiger partial charge in [-0.2, -0.15) is 5.10 Å². The molecule has 1 fully saturated rings. The van der Waals surface area contributed by atoms with Crippen molar-refractivity contribution in [1.29, 1.82) is 0 Å². The van der Waals surface area contributed by atoms with Crippen LogP contribution in [0.3, 0.4) is 0 Å². The van der Waals surface area contributed by atoms with Gasteiger partial charge in [-0.25, -0.2) is 9.07 Å². The van der Waals surface area contributed by atoms with Gasteiger partial charge in [0.05, 0.1) is 18.5 Å². The van der Waals surface area contributed by atoms with E-state index in [0.29, 0.717) is 0 Å². The smallest absolute Gasteiger partial charge is 0.123 e. The van der Waals surface area contributed by atoms with Crippen molar-refractivity contribution in [2.75, 3.05) is 32.8 Å². The lowest BCUT2D eigenvalue weighted by atomic mass is 10.1. The Kier molecular flexibility index (Phi) is 5.60. The van der Waals surface area contributed by atoms with Crippen LogP contribution in [0.1, 0.15) is 18.9 Å². The Bertz CT molecular complexity index is 631. The second-order valence-electron chi connectivity index (χ2n) is 6.33. The molecule has 1 aromatic heterocycles. The number of aliphatic hydroxyl groups excluding tert-OH is 1. The van der Waals surface area contributed by atoms with Gasteiger partial charge >= 0.3 is 0 Å². The highest BCUT2D eigenvalue weighted by molar-refractivity contribution is 5.31. The van der Waals surface area contributed by atoms with Gasteiger partial charge in [-0.1, -0.05) is 6.92 Å². The van der Waals surface area contributed by atoms with Crippen molar-refractivity contribution >= 4 is 0 Å². The first kappa shape index (κ1) is 17.1. The van der Waals surface area contributed by atoms with Gasteiger partial charge in [0.15, 0.2) is 0 Å². The van der Waals surface area contributed by atoms with Gasteiger partial charge in [-0.3, -0.25) is 9.80 Å². The molecule has 0 saturated carbocycles. The number of aromatic nitrogens is 2. The monoisotopic (exact) mass is 332 g/mol. The van der Waals surface area contributed by atoms with Crippen molar-refractivity contribution in [3.05, 3.63) is 48.0 Å². The van der Waals surface area contributed by atoms with Crippen LogP contribution in [-0.2, 0) is 6.54 Å². The Balaban J connectivity index is 1.55. The van der Waals surface area contributed by atoms with Crippen LogP contribution in [0.2, 0.25) is 0 Å². The molecule has 0 amide bonds. The van der Waals surface area contributed by atoms with Crippen LogP contribution in [0.15, 0.2) is 36.7 Å². The van der Waals surface area contributed by atoms with Crippen LogP contribution < -0.4 is 0 Å². The summed E-state index contributed by atoms with van der Waals surface area (Å²) in [6.45, 7) is 7.20. The molecule has 1 atom stereocenters. The van der Waals surface area contributed by atoms with Crippen LogP contribution in [0.5, 0.6) is 0 Å². The molecule has 3 rings (SSSR count). The summed E-state index contributed by atoms with van der Waals surface area (Å²) in [5.74, 6) is -0.239. The average molecular weight is 332 g/mol. The first-order valence-corrected chi connectivity index (χ1v) is 8.56. The van der Waals surface area contributed by atoms with Crippen LogP contribution >= 0.6 is 0 Å². The number of hydrogen-bond acceptors (Lipinski definition) is 4. The lowest BCUT2D eigenvalue weighted by Crippen LogP contribution is -2.50. The molecule has 2 aromatic rings. The molecular formula is C18H25FN4O. The van der Waals surface area contributed by atoms with E-state index in [2.05, 4.69) is 21.8 Å². The summed E-state index contributed by atoms with van der Waals surface area (Å²) in [5.41, 5.74) is 2.02. The van der Waals surface area contributed by atoms with Gasteiger partial charge < -0.3 is 5.11 Å². The Morgan fingerprint density at radius 2 is 1.88 bits per heavy atom. The SMILES string of the molecule is CCC(CO)N1CCN(Cc2cnn(-c3ccc(F)cc3)c2)CC1. The lowest BCUT2D eigenvalue weighted by molar-refractivity contribution is 0.0608. The Morgan fingerprint density at radius 1 is 1.17 bits per heavy atom. The van der Waals surface area contributed by atoms with E-state index in [4.69, 9.17) is 0 Å². The molecule has 2 heterocycles. The van der Waals surface area contributed by atoms with E-state index in [1.807, 2.05) is 12.4 Å². The van der Waals surface area contributed by atoms with E-state index in [1.54, 1.807) is 16.8 Å². The molecule has 130 valence electrons. The number of rotatable bonds is 6. The van der Waals surface area contributed by atoms with Crippen molar-refractivity contribution in [1.82, 2.24) is 19.6 Å². The Morgan fingerprint density at radius 3 is 2.50 bits per heavy atom. The second kappa shape index (κ2) is 7.88. The van der Waals surface area contributed by atoms with Crippen molar-refractivity contribution in [2.24, 2.45) is 0 Å². The summed E-state index contributed by atoms with van der Waals surface area (Å²) in [4.78, 5) is 4.78. The van der Waals surface area contributed by atoms with E-state index >= 15 is 0 Å². The summed E-state index contributed by atoms with van der Waals surface area (Å²) >= 11 is 0. The Labute approximate surface area is 142 Å². The molecule has 24 heavy (non-hydrogen) atoms. The van der Waals surface area contributed by atoms with Gasteiger partial charge in [0.1, 0.15) is 5.82 Å². The molecule has 6 heteroatoms. The fraction of sp³-hybridized carbons (Fsp3) is 0.500. The number of piperazine rings is 1. The molecular weight excluding hydrogens is 307 g/mol.